The molecule has 0 spiro atoms. The maximum atomic E-state index is 11.7. The summed E-state index contributed by atoms with van der Waals surface area (Å²) in [5.74, 6) is 0.824. The molecule has 4 rings (SSSR count). The minimum Gasteiger partial charge on any atom is -0.455 e. The van der Waals surface area contributed by atoms with Crippen molar-refractivity contribution in [2.45, 2.75) is 0 Å². The zero-order valence-electron chi connectivity index (χ0n) is 12.7. The van der Waals surface area contributed by atoms with E-state index in [-0.39, 0.29) is 5.56 Å². The molecule has 2 aromatic carbocycles. The van der Waals surface area contributed by atoms with Crippen LogP contribution < -0.4 is 5.56 Å². The minimum atomic E-state index is -0.0252. The topological polar surface area (TPSA) is 35.1 Å². The molecule has 0 saturated heterocycles. The largest absolute Gasteiger partial charge is 0.455 e. The van der Waals surface area contributed by atoms with E-state index in [9.17, 15) is 4.79 Å². The van der Waals surface area contributed by atoms with Crippen LogP contribution in [0.2, 0.25) is 0 Å². The number of hydrogen-bond donors (Lipinski definition) is 0. The Labute approximate surface area is 133 Å². The van der Waals surface area contributed by atoms with Crippen molar-refractivity contribution < 1.29 is 4.42 Å². The molecule has 0 amide bonds. The number of fused-ring (bicyclic) bond motifs is 1. The van der Waals surface area contributed by atoms with Crippen molar-refractivity contribution in [3.8, 4) is 22.5 Å². The highest BCUT2D eigenvalue weighted by Crippen LogP contribution is 2.40. The Morgan fingerprint density at radius 2 is 1.57 bits per heavy atom. The van der Waals surface area contributed by atoms with Gasteiger partial charge in [-0.2, -0.15) is 0 Å². The van der Waals surface area contributed by atoms with E-state index in [0.717, 1.165) is 33.4 Å². The molecule has 0 unspecified atom stereocenters. The van der Waals surface area contributed by atoms with E-state index in [1.54, 1.807) is 17.7 Å². The molecule has 0 radical (unpaired) electrons. The Hall–Kier alpha value is -3.07. The molecule has 0 N–H and O–H groups in total. The van der Waals surface area contributed by atoms with E-state index < -0.39 is 0 Å². The Kier molecular flexibility index (Phi) is 3.12. The highest BCUT2D eigenvalue weighted by Gasteiger charge is 2.17. The number of para-hydroxylation sites is 1. The van der Waals surface area contributed by atoms with E-state index in [1.807, 2.05) is 66.9 Å². The smallest absolute Gasteiger partial charge is 0.250 e. The first-order valence-electron chi connectivity index (χ1n) is 7.48. The summed E-state index contributed by atoms with van der Waals surface area (Å²) in [5, 5.41) is 1.05. The van der Waals surface area contributed by atoms with Gasteiger partial charge in [0.2, 0.25) is 5.56 Å². The van der Waals surface area contributed by atoms with Crippen molar-refractivity contribution in [3.63, 3.8) is 0 Å². The molecule has 3 nitrogen and oxygen atoms in total. The molecule has 0 aliphatic heterocycles. The molecule has 0 bridgehead atoms. The highest BCUT2D eigenvalue weighted by molar-refractivity contribution is 6.01. The monoisotopic (exact) mass is 301 g/mol. The fourth-order valence-electron chi connectivity index (χ4n) is 2.87. The van der Waals surface area contributed by atoms with Crippen LogP contribution in [0.1, 0.15) is 0 Å². The van der Waals surface area contributed by atoms with Crippen LogP contribution in [0.25, 0.3) is 33.4 Å². The number of pyridine rings is 1. The Balaban J connectivity index is 2.07. The summed E-state index contributed by atoms with van der Waals surface area (Å²) in [4.78, 5) is 11.7. The fourth-order valence-corrected chi connectivity index (χ4v) is 2.87. The van der Waals surface area contributed by atoms with E-state index >= 15 is 0 Å². The molecular formula is C20H15NO2. The molecule has 2 aromatic heterocycles. The van der Waals surface area contributed by atoms with Gasteiger partial charge >= 0.3 is 0 Å². The van der Waals surface area contributed by atoms with E-state index in [0.29, 0.717) is 0 Å². The third-order valence-electron chi connectivity index (χ3n) is 4.01. The Bertz CT molecular complexity index is 1040. The van der Waals surface area contributed by atoms with Crippen LogP contribution in [0.4, 0.5) is 0 Å². The predicted molar refractivity (Wildman–Crippen MR) is 92.3 cm³/mol. The first-order chi connectivity index (χ1) is 11.2. The van der Waals surface area contributed by atoms with Crippen molar-refractivity contribution in [3.05, 3.63) is 83.3 Å². The lowest BCUT2D eigenvalue weighted by Crippen LogP contribution is -2.13. The molecule has 0 fully saturated rings. The van der Waals surface area contributed by atoms with Gasteiger partial charge in [0.1, 0.15) is 11.3 Å². The standard InChI is InChI=1S/C20H15NO2/c1-21-13-15(11-12-18(21)22)19-16-9-5-6-10-17(16)23-20(19)14-7-3-2-4-8-14/h2-13H,1H3. The maximum Gasteiger partial charge on any atom is 0.250 e. The molecular weight excluding hydrogens is 286 g/mol. The number of rotatable bonds is 2. The Morgan fingerprint density at radius 1 is 0.826 bits per heavy atom. The average molecular weight is 301 g/mol. The van der Waals surface area contributed by atoms with Crippen molar-refractivity contribution >= 4 is 11.0 Å². The SMILES string of the molecule is Cn1cc(-c2c(-c3ccccc3)oc3ccccc23)ccc1=O. The number of furan rings is 1. The van der Waals surface area contributed by atoms with Crippen molar-refractivity contribution in [1.29, 1.82) is 0 Å². The number of benzene rings is 2. The van der Waals surface area contributed by atoms with Gasteiger partial charge in [0.25, 0.3) is 0 Å². The van der Waals surface area contributed by atoms with E-state index in [1.165, 1.54) is 0 Å². The third-order valence-corrected chi connectivity index (χ3v) is 4.01. The molecule has 0 saturated carbocycles. The van der Waals surface area contributed by atoms with Crippen LogP contribution in [0.5, 0.6) is 0 Å². The zero-order valence-corrected chi connectivity index (χ0v) is 12.7. The van der Waals surface area contributed by atoms with Gasteiger partial charge in [-0.05, 0) is 12.1 Å². The second-order valence-corrected chi connectivity index (χ2v) is 5.54. The molecule has 4 aromatic rings. The normalized spacial score (nSPS) is 11.0. The summed E-state index contributed by atoms with van der Waals surface area (Å²) >= 11 is 0. The van der Waals surface area contributed by atoms with Crippen LogP contribution in [0, 0.1) is 0 Å². The first kappa shape index (κ1) is 13.6. The van der Waals surface area contributed by atoms with Gasteiger partial charge in [0.05, 0.1) is 0 Å². The van der Waals surface area contributed by atoms with E-state index in [2.05, 4.69) is 0 Å². The maximum absolute atomic E-state index is 11.7. The lowest BCUT2D eigenvalue weighted by Gasteiger charge is -2.05. The van der Waals surface area contributed by atoms with Crippen molar-refractivity contribution in [2.24, 2.45) is 7.05 Å². The van der Waals surface area contributed by atoms with Gasteiger partial charge in [0, 0.05) is 41.4 Å². The quantitative estimate of drug-likeness (QED) is 0.547. The van der Waals surface area contributed by atoms with Crippen molar-refractivity contribution in [2.75, 3.05) is 0 Å². The third kappa shape index (κ3) is 2.27. The summed E-state index contributed by atoms with van der Waals surface area (Å²) in [7, 11) is 1.76. The van der Waals surface area contributed by atoms with Crippen molar-refractivity contribution in [1.82, 2.24) is 4.57 Å². The molecule has 23 heavy (non-hydrogen) atoms. The number of aromatic nitrogens is 1. The lowest BCUT2D eigenvalue weighted by atomic mass is 10.00. The lowest BCUT2D eigenvalue weighted by molar-refractivity contribution is 0.632. The molecule has 112 valence electrons. The average Bonchev–Trinajstić information content (AvgIpc) is 2.98. The van der Waals surface area contributed by atoms with Gasteiger partial charge in [0.15, 0.2) is 0 Å². The van der Waals surface area contributed by atoms with Gasteiger partial charge in [-0.3, -0.25) is 4.79 Å². The fraction of sp³-hybridized carbons (Fsp3) is 0.0500. The molecule has 3 heteroatoms. The second-order valence-electron chi connectivity index (χ2n) is 5.54. The first-order valence-corrected chi connectivity index (χ1v) is 7.48. The van der Waals surface area contributed by atoms with Gasteiger partial charge in [-0.15, -0.1) is 0 Å². The number of hydrogen-bond acceptors (Lipinski definition) is 2. The molecule has 0 atom stereocenters. The summed E-state index contributed by atoms with van der Waals surface area (Å²) in [5.41, 5.74) is 3.82. The summed E-state index contributed by atoms with van der Waals surface area (Å²) in [6, 6.07) is 21.4. The summed E-state index contributed by atoms with van der Waals surface area (Å²) < 4.78 is 7.71. The summed E-state index contributed by atoms with van der Waals surface area (Å²) in [6.07, 6.45) is 1.85. The minimum absolute atomic E-state index is 0.0252. The van der Waals surface area contributed by atoms with Gasteiger partial charge in [-0.25, -0.2) is 0 Å². The van der Waals surface area contributed by atoms with Crippen LogP contribution in [-0.2, 0) is 7.05 Å². The van der Waals surface area contributed by atoms with Crippen LogP contribution in [0.15, 0.2) is 82.1 Å². The second kappa shape index (κ2) is 5.29. The van der Waals surface area contributed by atoms with Crippen LogP contribution >= 0.6 is 0 Å². The van der Waals surface area contributed by atoms with Crippen LogP contribution in [0.3, 0.4) is 0 Å². The molecule has 0 aliphatic rings. The zero-order chi connectivity index (χ0) is 15.8. The summed E-state index contributed by atoms with van der Waals surface area (Å²) in [6.45, 7) is 0. The van der Waals surface area contributed by atoms with Gasteiger partial charge < -0.3 is 8.98 Å². The van der Waals surface area contributed by atoms with E-state index in [4.69, 9.17) is 4.42 Å². The molecule has 0 aliphatic carbocycles. The number of nitrogens with zero attached hydrogens (tertiary/aromatic N) is 1. The Morgan fingerprint density at radius 3 is 2.35 bits per heavy atom. The van der Waals surface area contributed by atoms with Crippen LogP contribution in [-0.4, -0.2) is 4.57 Å². The highest BCUT2D eigenvalue weighted by atomic mass is 16.3. The predicted octanol–water partition coefficient (Wildman–Crippen LogP) is 4.47. The number of aryl methyl sites for hydroxylation is 1. The van der Waals surface area contributed by atoms with Gasteiger partial charge in [-0.1, -0.05) is 48.5 Å². The molecule has 2 heterocycles.